The lowest BCUT2D eigenvalue weighted by Crippen LogP contribution is -2.34. The van der Waals surface area contributed by atoms with E-state index in [1.165, 1.54) is 35.0 Å². The molecule has 9 nitrogen and oxygen atoms in total. The minimum atomic E-state index is -0.515. The largest absolute Gasteiger partial charge is 0.361 e. The van der Waals surface area contributed by atoms with Crippen LogP contribution in [0.3, 0.4) is 0 Å². The van der Waals surface area contributed by atoms with Crippen LogP contribution >= 0.6 is 0 Å². The third-order valence-corrected chi connectivity index (χ3v) is 5.52. The Balaban J connectivity index is 1.39. The fourth-order valence-corrected chi connectivity index (χ4v) is 3.95. The van der Waals surface area contributed by atoms with Crippen molar-refractivity contribution in [3.8, 4) is 5.69 Å². The molecule has 0 atom stereocenters. The predicted molar refractivity (Wildman–Crippen MR) is 115 cm³/mol. The van der Waals surface area contributed by atoms with Crippen molar-refractivity contribution in [2.24, 2.45) is 0 Å². The number of fused-ring (bicyclic) bond motifs is 1. The van der Waals surface area contributed by atoms with Gasteiger partial charge in [-0.1, -0.05) is 24.3 Å². The normalized spacial score (nSPS) is 13.9. The summed E-state index contributed by atoms with van der Waals surface area (Å²) in [6.07, 6.45) is 7.45. The lowest BCUT2D eigenvalue weighted by Gasteiger charge is -2.26. The summed E-state index contributed by atoms with van der Waals surface area (Å²) in [5, 5.41) is 16.7. The Hall–Kier alpha value is -4.27. The van der Waals surface area contributed by atoms with Crippen molar-refractivity contribution in [1.82, 2.24) is 24.6 Å². The number of carbonyl (C=O) groups is 1. The van der Waals surface area contributed by atoms with Crippen LogP contribution in [0.5, 0.6) is 0 Å². The maximum absolute atomic E-state index is 13.0. The van der Waals surface area contributed by atoms with E-state index in [1.807, 2.05) is 24.4 Å². The number of nitro groups is 1. The van der Waals surface area contributed by atoms with Gasteiger partial charge in [0.2, 0.25) is 0 Å². The Morgan fingerprint density at radius 2 is 2.06 bits per heavy atom. The van der Waals surface area contributed by atoms with Crippen molar-refractivity contribution in [2.75, 3.05) is 13.1 Å². The molecule has 31 heavy (non-hydrogen) atoms. The number of aromatic nitrogens is 4. The van der Waals surface area contributed by atoms with Gasteiger partial charge >= 0.3 is 0 Å². The van der Waals surface area contributed by atoms with Crippen molar-refractivity contribution in [3.05, 3.63) is 88.6 Å². The van der Waals surface area contributed by atoms with Crippen molar-refractivity contribution in [3.63, 3.8) is 0 Å². The zero-order valence-corrected chi connectivity index (χ0v) is 16.4. The molecule has 0 saturated heterocycles. The van der Waals surface area contributed by atoms with Crippen molar-refractivity contribution < 1.29 is 9.72 Å². The Labute approximate surface area is 176 Å². The van der Waals surface area contributed by atoms with Crippen LogP contribution in [0.4, 0.5) is 5.69 Å². The quantitative estimate of drug-likeness (QED) is 0.405. The van der Waals surface area contributed by atoms with Crippen LogP contribution in [0, 0.1) is 10.1 Å². The lowest BCUT2D eigenvalue weighted by atomic mass is 9.98. The van der Waals surface area contributed by atoms with Crippen LogP contribution in [0.25, 0.3) is 22.2 Å². The molecule has 9 heteroatoms. The van der Waals surface area contributed by atoms with E-state index in [2.05, 4.69) is 27.2 Å². The first-order chi connectivity index (χ1) is 15.1. The van der Waals surface area contributed by atoms with Crippen LogP contribution in [-0.4, -0.2) is 48.6 Å². The number of nitrogens with zero attached hydrogens (tertiary/aromatic N) is 5. The highest BCUT2D eigenvalue weighted by Gasteiger charge is 2.24. The highest BCUT2D eigenvalue weighted by molar-refractivity contribution is 5.97. The second-order valence-electron chi connectivity index (χ2n) is 7.28. The van der Waals surface area contributed by atoms with Gasteiger partial charge in [0.05, 0.1) is 4.92 Å². The number of H-pyrrole nitrogens is 1. The summed E-state index contributed by atoms with van der Waals surface area (Å²) in [6, 6.07) is 12.5. The zero-order valence-electron chi connectivity index (χ0n) is 16.4. The Bertz CT molecular complexity index is 1320. The maximum Gasteiger partial charge on any atom is 0.295 e. The lowest BCUT2D eigenvalue weighted by molar-refractivity contribution is -0.384. The summed E-state index contributed by atoms with van der Waals surface area (Å²) >= 11 is 0. The number of aromatic amines is 1. The van der Waals surface area contributed by atoms with Gasteiger partial charge in [0.15, 0.2) is 0 Å². The van der Waals surface area contributed by atoms with Crippen LogP contribution in [-0.2, 0) is 0 Å². The molecule has 0 saturated carbocycles. The highest BCUT2D eigenvalue weighted by atomic mass is 16.6. The molecular weight excluding hydrogens is 396 g/mol. The van der Waals surface area contributed by atoms with E-state index in [0.717, 1.165) is 16.5 Å². The van der Waals surface area contributed by atoms with Crippen molar-refractivity contribution in [2.45, 2.75) is 6.42 Å². The molecule has 5 rings (SSSR count). The molecule has 2 aromatic heterocycles. The summed E-state index contributed by atoms with van der Waals surface area (Å²) in [7, 11) is 0. The summed E-state index contributed by atoms with van der Waals surface area (Å²) in [6.45, 7) is 0.995. The first-order valence-electron chi connectivity index (χ1n) is 9.80. The Kier molecular flexibility index (Phi) is 4.55. The van der Waals surface area contributed by atoms with Gasteiger partial charge in [0.1, 0.15) is 18.3 Å². The van der Waals surface area contributed by atoms with Gasteiger partial charge in [-0.15, -0.1) is 0 Å². The molecule has 1 aliphatic heterocycles. The number of nitro benzene ring substituents is 1. The van der Waals surface area contributed by atoms with Gasteiger partial charge < -0.3 is 9.88 Å². The molecule has 4 aromatic rings. The fourth-order valence-electron chi connectivity index (χ4n) is 3.95. The van der Waals surface area contributed by atoms with Crippen molar-refractivity contribution in [1.29, 1.82) is 0 Å². The molecular formula is C22H18N6O3. The SMILES string of the molecule is O=C(c1ccc(-n2cncn2)c([N+](=O)[O-])c1)N1CC=C(c2c[nH]c3ccccc23)CC1. The molecule has 1 aliphatic rings. The molecule has 0 spiro atoms. The number of para-hydroxylation sites is 1. The average molecular weight is 414 g/mol. The standard InChI is InChI=1S/C22H18N6O3/c29-22(16-5-6-20(21(11-16)28(30)31)27-14-23-13-25-27)26-9-7-15(8-10-26)18-12-24-19-4-2-1-3-17(18)19/h1-7,11-14,24H,8-10H2. The summed E-state index contributed by atoms with van der Waals surface area (Å²) < 4.78 is 1.31. The first kappa shape index (κ1) is 18.7. The number of hydrogen-bond donors (Lipinski definition) is 1. The smallest absolute Gasteiger partial charge is 0.295 e. The number of benzene rings is 2. The zero-order chi connectivity index (χ0) is 21.4. The van der Waals surface area contributed by atoms with E-state index in [9.17, 15) is 14.9 Å². The minimum absolute atomic E-state index is 0.191. The molecule has 0 aliphatic carbocycles. The van der Waals surface area contributed by atoms with Gasteiger partial charge in [-0.05, 0) is 30.2 Å². The fraction of sp³-hybridized carbons (Fsp3) is 0.136. The molecule has 3 heterocycles. The second-order valence-corrected chi connectivity index (χ2v) is 7.28. The molecule has 0 unspecified atom stereocenters. The summed E-state index contributed by atoms with van der Waals surface area (Å²) in [4.78, 5) is 32.9. The molecule has 2 aromatic carbocycles. The molecule has 0 bridgehead atoms. The number of amides is 1. The van der Waals surface area contributed by atoms with Gasteiger partial charge in [-0.3, -0.25) is 14.9 Å². The topological polar surface area (TPSA) is 110 Å². The van der Waals surface area contributed by atoms with Gasteiger partial charge in [-0.2, -0.15) is 5.10 Å². The van der Waals surface area contributed by atoms with E-state index >= 15 is 0 Å². The first-order valence-corrected chi connectivity index (χ1v) is 9.80. The van der Waals surface area contributed by atoms with E-state index < -0.39 is 4.92 Å². The number of carbonyl (C=O) groups excluding carboxylic acids is 1. The second kappa shape index (κ2) is 7.52. The van der Waals surface area contributed by atoms with Crippen LogP contribution in [0.15, 0.2) is 67.4 Å². The van der Waals surface area contributed by atoms with E-state index in [4.69, 9.17) is 0 Å². The summed E-state index contributed by atoms with van der Waals surface area (Å²) in [5.74, 6) is -0.234. The van der Waals surface area contributed by atoms with Crippen molar-refractivity contribution >= 4 is 28.1 Å². The number of hydrogen-bond acceptors (Lipinski definition) is 5. The van der Waals surface area contributed by atoms with E-state index in [-0.39, 0.29) is 22.8 Å². The van der Waals surface area contributed by atoms with Crippen LogP contribution in [0.2, 0.25) is 0 Å². The Morgan fingerprint density at radius 1 is 1.19 bits per heavy atom. The Morgan fingerprint density at radius 3 is 2.81 bits per heavy atom. The highest BCUT2D eigenvalue weighted by Crippen LogP contribution is 2.30. The number of rotatable bonds is 4. The van der Waals surface area contributed by atoms with Crippen LogP contribution < -0.4 is 0 Å². The number of nitrogens with one attached hydrogen (secondary N) is 1. The summed E-state index contributed by atoms with van der Waals surface area (Å²) in [5.41, 5.74) is 3.77. The maximum atomic E-state index is 13.0. The monoisotopic (exact) mass is 414 g/mol. The van der Waals surface area contributed by atoms with Gasteiger partial charge in [0, 0.05) is 47.4 Å². The minimum Gasteiger partial charge on any atom is -0.361 e. The molecule has 0 fully saturated rings. The van der Waals surface area contributed by atoms with E-state index in [0.29, 0.717) is 19.5 Å². The molecule has 154 valence electrons. The van der Waals surface area contributed by atoms with Gasteiger partial charge in [0.25, 0.3) is 11.6 Å². The van der Waals surface area contributed by atoms with Gasteiger partial charge in [-0.25, -0.2) is 9.67 Å². The molecule has 0 radical (unpaired) electrons. The third kappa shape index (κ3) is 3.35. The average Bonchev–Trinajstić information content (AvgIpc) is 3.48. The molecule has 1 N–H and O–H groups in total. The van der Waals surface area contributed by atoms with E-state index in [1.54, 1.807) is 11.0 Å². The predicted octanol–water partition coefficient (Wildman–Crippen LogP) is 3.59. The van der Waals surface area contributed by atoms with Crippen LogP contribution in [0.1, 0.15) is 22.3 Å². The molecule has 1 amide bonds. The third-order valence-electron chi connectivity index (χ3n) is 5.52.